The van der Waals surface area contributed by atoms with Gasteiger partial charge in [-0.15, -0.1) is 0 Å². The second-order valence-corrected chi connectivity index (χ2v) is 8.68. The molecule has 1 atom stereocenters. The van der Waals surface area contributed by atoms with Gasteiger partial charge >= 0.3 is 0 Å². The minimum absolute atomic E-state index is 0.303. The number of quaternary nitrogens is 1. The number of nitrogens with zero attached hydrogens (tertiary/aromatic N) is 1. The molecule has 33 heavy (non-hydrogen) atoms. The van der Waals surface area contributed by atoms with Gasteiger partial charge in [-0.3, -0.25) is 10.7 Å². The molecule has 8 heteroatoms. The average molecular weight is 483 g/mol. The van der Waals surface area contributed by atoms with Crippen molar-refractivity contribution < 1.29 is 14.4 Å². The highest BCUT2D eigenvalue weighted by atomic mass is 35.5. The fourth-order valence-electron chi connectivity index (χ4n) is 3.67. The number of amides is 1. The van der Waals surface area contributed by atoms with Crippen LogP contribution in [-0.4, -0.2) is 50.1 Å². The van der Waals surface area contributed by atoms with Crippen molar-refractivity contribution in [3.63, 3.8) is 0 Å². The van der Waals surface area contributed by atoms with E-state index in [1.54, 1.807) is 42.2 Å². The predicted octanol–water partition coefficient (Wildman–Crippen LogP) is 2.96. The largest absolute Gasteiger partial charge is 0.763 e. The number of halogens is 1. The van der Waals surface area contributed by atoms with Crippen LogP contribution in [0.4, 0.5) is 5.69 Å². The minimum Gasteiger partial charge on any atom is -0.763 e. The molecule has 2 aromatic carbocycles. The first-order valence-corrected chi connectivity index (χ1v) is 11.5. The number of likely N-dealkylation sites (N-methyl/N-ethyl adjacent to an activating group) is 1. The van der Waals surface area contributed by atoms with Gasteiger partial charge in [0.25, 0.3) is 5.91 Å². The monoisotopic (exact) mass is 482 g/mol. The Bertz CT molecular complexity index is 1090. The van der Waals surface area contributed by atoms with Crippen molar-refractivity contribution >= 4 is 46.3 Å². The molecule has 0 aliphatic carbocycles. The Balaban J connectivity index is 0.000000374. The summed E-state index contributed by atoms with van der Waals surface area (Å²) in [6.07, 6.45) is 0. The van der Waals surface area contributed by atoms with E-state index >= 15 is 0 Å². The van der Waals surface area contributed by atoms with Crippen LogP contribution in [0.2, 0.25) is 5.02 Å². The molecule has 2 aliphatic rings. The number of nitrogens with one attached hydrogen (secondary N) is 3. The van der Waals surface area contributed by atoms with E-state index in [4.69, 9.17) is 28.6 Å². The summed E-state index contributed by atoms with van der Waals surface area (Å²) >= 11 is 11.7. The number of benzene rings is 2. The molecule has 1 fully saturated rings. The minimum atomic E-state index is -0.619. The summed E-state index contributed by atoms with van der Waals surface area (Å²) in [5.41, 5.74) is 2.67. The van der Waals surface area contributed by atoms with Crippen LogP contribution in [0.3, 0.4) is 0 Å². The molecule has 1 amide bonds. The molecule has 4 rings (SSSR count). The van der Waals surface area contributed by atoms with Gasteiger partial charge in [0.15, 0.2) is 0 Å². The Morgan fingerprint density at radius 2 is 1.82 bits per heavy atom. The van der Waals surface area contributed by atoms with Crippen molar-refractivity contribution in [2.24, 2.45) is 0 Å². The molecule has 1 saturated heterocycles. The average Bonchev–Trinajstić information content (AvgIpc) is 2.80. The zero-order chi connectivity index (χ0) is 23.8. The van der Waals surface area contributed by atoms with Gasteiger partial charge in [0, 0.05) is 27.6 Å². The third kappa shape index (κ3) is 6.38. The van der Waals surface area contributed by atoms with Crippen LogP contribution in [0.25, 0.3) is 5.41 Å². The Kier molecular flexibility index (Phi) is 8.95. The molecule has 2 aromatic rings. The van der Waals surface area contributed by atoms with Crippen LogP contribution in [0.15, 0.2) is 71.4 Å². The zero-order valence-electron chi connectivity index (χ0n) is 18.7. The number of ether oxygens (including phenoxy) is 1. The fraction of sp³-hybridized carbons (Fsp3) is 0.280. The molecule has 1 unspecified atom stereocenters. The molecule has 172 valence electrons. The molecule has 0 bridgehead atoms. The second-order valence-electron chi connectivity index (χ2n) is 7.86. The van der Waals surface area contributed by atoms with Crippen LogP contribution in [0.1, 0.15) is 18.4 Å². The first-order valence-electron chi connectivity index (χ1n) is 10.7. The Morgan fingerprint density at radius 3 is 2.39 bits per heavy atom. The smallest absolute Gasteiger partial charge is 0.254 e. The number of morpholine rings is 1. The van der Waals surface area contributed by atoms with Gasteiger partial charge < -0.3 is 25.7 Å². The summed E-state index contributed by atoms with van der Waals surface area (Å²) in [4.78, 5) is 14.9. The number of para-hydroxylation sites is 1. The number of anilines is 1. The number of carbonyl (C=O) groups excluding carboxylic acids is 1. The van der Waals surface area contributed by atoms with E-state index in [1.807, 2.05) is 24.3 Å². The van der Waals surface area contributed by atoms with Crippen LogP contribution in [0, 0.1) is 0 Å². The Morgan fingerprint density at radius 1 is 1.18 bits per heavy atom. The highest BCUT2D eigenvalue weighted by Crippen LogP contribution is 2.39. The first-order chi connectivity index (χ1) is 15.9. The van der Waals surface area contributed by atoms with Crippen LogP contribution in [-0.2, 0) is 9.53 Å². The van der Waals surface area contributed by atoms with E-state index in [2.05, 4.69) is 23.6 Å². The third-order valence-electron chi connectivity index (χ3n) is 5.49. The van der Waals surface area contributed by atoms with Crippen molar-refractivity contribution in [3.05, 3.63) is 87.4 Å². The van der Waals surface area contributed by atoms with Crippen molar-refractivity contribution in [3.8, 4) is 0 Å². The second kappa shape index (κ2) is 11.9. The lowest BCUT2D eigenvalue weighted by atomic mass is 9.81. The third-order valence-corrected chi connectivity index (χ3v) is 6.15. The SMILES string of the molecule is CC1=C(C(=O)Nc2ccccc2)C(c2ccccc2Cl)C(=C=[N-])C(=S)N1.C[NH+]1CCOCC1. The molecule has 6 nitrogen and oxygen atoms in total. The number of allylic oxidation sites excluding steroid dienone is 1. The van der Waals surface area contributed by atoms with Crippen LogP contribution in [0.5, 0.6) is 0 Å². The van der Waals surface area contributed by atoms with E-state index in [0.717, 1.165) is 13.2 Å². The maximum Gasteiger partial charge on any atom is 0.254 e. The highest BCUT2D eigenvalue weighted by Gasteiger charge is 2.34. The lowest BCUT2D eigenvalue weighted by Gasteiger charge is -2.31. The van der Waals surface area contributed by atoms with Gasteiger partial charge in [0.1, 0.15) is 18.1 Å². The maximum absolute atomic E-state index is 13.0. The summed E-state index contributed by atoms with van der Waals surface area (Å²) in [6.45, 7) is 6.03. The Hall–Kier alpha value is -2.80. The van der Waals surface area contributed by atoms with Crippen molar-refractivity contribution in [2.75, 3.05) is 38.7 Å². The number of rotatable bonds is 3. The van der Waals surface area contributed by atoms with Gasteiger partial charge in [0.2, 0.25) is 0 Å². The Labute approximate surface area is 204 Å². The van der Waals surface area contributed by atoms with Gasteiger partial charge in [-0.05, 0) is 30.7 Å². The molecular formula is C25H27ClN4O2S. The molecule has 3 N–H and O–H groups in total. The zero-order valence-corrected chi connectivity index (χ0v) is 20.2. The van der Waals surface area contributed by atoms with Crippen molar-refractivity contribution in [1.29, 1.82) is 0 Å². The van der Waals surface area contributed by atoms with Crippen molar-refractivity contribution in [1.82, 2.24) is 5.32 Å². The van der Waals surface area contributed by atoms with E-state index in [1.165, 1.54) is 13.1 Å². The molecular weight excluding hydrogens is 456 g/mol. The standard InChI is InChI=1S/C20H15ClN3OS.C5H11NO/c1-12-17(19(25)24-13-7-3-2-4-8-13)18(15(11-22)20(26)23-12)14-9-5-6-10-16(14)21;1-6-2-4-7-5-3-6/h2-10,18H,1H3,(H,23,26)(H,24,25);2-5H2,1H3/q-1;/p+1. The molecule has 0 spiro atoms. The van der Waals surface area contributed by atoms with Crippen molar-refractivity contribution in [2.45, 2.75) is 12.8 Å². The lowest BCUT2D eigenvalue weighted by Crippen LogP contribution is -3.11. The van der Waals surface area contributed by atoms with E-state index < -0.39 is 5.92 Å². The van der Waals surface area contributed by atoms with Crippen LogP contribution < -0.4 is 15.5 Å². The number of hydrogen-bond donors (Lipinski definition) is 3. The topological polar surface area (TPSA) is 77.1 Å². The number of hydrogen-bond acceptors (Lipinski definition) is 3. The summed E-state index contributed by atoms with van der Waals surface area (Å²) in [5.74, 6) is 1.22. The fourth-order valence-corrected chi connectivity index (χ4v) is 4.24. The molecule has 2 heterocycles. The van der Waals surface area contributed by atoms with E-state index in [-0.39, 0.29) is 5.91 Å². The number of thiocarbonyl (C=S) groups is 1. The molecule has 0 saturated carbocycles. The molecule has 2 aliphatic heterocycles. The number of carbonyl (C=O) groups is 1. The molecule has 0 aromatic heterocycles. The summed E-state index contributed by atoms with van der Waals surface area (Å²) in [5, 5.41) is 16.0. The predicted molar refractivity (Wildman–Crippen MR) is 137 cm³/mol. The van der Waals surface area contributed by atoms with E-state index in [9.17, 15) is 10.2 Å². The summed E-state index contributed by atoms with van der Waals surface area (Å²) in [7, 11) is 2.20. The van der Waals surface area contributed by atoms with E-state index in [0.29, 0.717) is 38.1 Å². The quantitative estimate of drug-likeness (QED) is 0.357. The van der Waals surface area contributed by atoms with Gasteiger partial charge in [-0.1, -0.05) is 60.2 Å². The lowest BCUT2D eigenvalue weighted by molar-refractivity contribution is -0.888. The normalized spacial score (nSPS) is 18.6. The van der Waals surface area contributed by atoms with Gasteiger partial charge in [-0.2, -0.15) is 0 Å². The van der Waals surface area contributed by atoms with Gasteiger partial charge in [0.05, 0.1) is 26.2 Å². The highest BCUT2D eigenvalue weighted by molar-refractivity contribution is 7.80. The van der Waals surface area contributed by atoms with Crippen LogP contribution >= 0.6 is 23.8 Å². The summed E-state index contributed by atoms with van der Waals surface area (Å²) < 4.78 is 5.12. The maximum atomic E-state index is 13.0. The molecule has 0 radical (unpaired) electrons. The first kappa shape index (κ1) is 24.8. The summed E-state index contributed by atoms with van der Waals surface area (Å²) in [6, 6.07) is 16.3. The van der Waals surface area contributed by atoms with Gasteiger partial charge in [-0.25, -0.2) is 0 Å².